The summed E-state index contributed by atoms with van der Waals surface area (Å²) in [5, 5.41) is 10.5. The van der Waals surface area contributed by atoms with Gasteiger partial charge in [-0.25, -0.2) is 0 Å². The Morgan fingerprint density at radius 1 is 1.60 bits per heavy atom. The quantitative estimate of drug-likeness (QED) is 0.788. The topological polar surface area (TPSA) is 93.6 Å². The summed E-state index contributed by atoms with van der Waals surface area (Å²) in [6.45, 7) is 3.87. The highest BCUT2D eigenvalue weighted by Gasteiger charge is 2.15. The zero-order valence-electron chi connectivity index (χ0n) is 8.69. The zero-order chi connectivity index (χ0) is 10.8. The molecule has 0 amide bonds. The van der Waals surface area contributed by atoms with Crippen molar-refractivity contribution in [2.24, 2.45) is 5.73 Å². The molecule has 6 nitrogen and oxygen atoms in total. The van der Waals surface area contributed by atoms with Gasteiger partial charge in [-0.2, -0.15) is 10.1 Å². The Balaban J connectivity index is 2.32. The second-order valence-corrected chi connectivity index (χ2v) is 3.38. The molecule has 0 spiro atoms. The van der Waals surface area contributed by atoms with E-state index in [-0.39, 0.29) is 6.04 Å². The van der Waals surface area contributed by atoms with Crippen LogP contribution in [0.2, 0.25) is 0 Å². The Hall–Kier alpha value is -1.69. The Morgan fingerprint density at radius 3 is 3.00 bits per heavy atom. The molecule has 2 heterocycles. The number of aromatic nitrogens is 4. The fourth-order valence-electron chi connectivity index (χ4n) is 1.24. The van der Waals surface area contributed by atoms with E-state index in [1.165, 1.54) is 0 Å². The van der Waals surface area contributed by atoms with Crippen LogP contribution in [0.5, 0.6) is 0 Å². The van der Waals surface area contributed by atoms with E-state index in [2.05, 4.69) is 20.3 Å². The van der Waals surface area contributed by atoms with Gasteiger partial charge < -0.3 is 10.3 Å². The fraction of sp³-hybridized carbons (Fsp3) is 0.444. The molecule has 0 fully saturated rings. The van der Waals surface area contributed by atoms with Crippen LogP contribution >= 0.6 is 0 Å². The minimum atomic E-state index is -0.172. The lowest BCUT2D eigenvalue weighted by Gasteiger charge is -1.99. The maximum absolute atomic E-state index is 5.79. The molecule has 1 unspecified atom stereocenters. The first-order valence-corrected chi connectivity index (χ1v) is 4.82. The largest absolute Gasteiger partial charge is 0.334 e. The zero-order valence-corrected chi connectivity index (χ0v) is 8.69. The number of aryl methyl sites for hydroxylation is 1. The standard InChI is InChI=1S/C9H13N5O/c1-3-7(10)8-12-9(15-14-8)6-4-11-13-5(6)2/h4,7H,3,10H2,1-2H3,(H,11,13). The number of aromatic amines is 1. The minimum absolute atomic E-state index is 0.172. The van der Waals surface area contributed by atoms with Gasteiger partial charge in [0.15, 0.2) is 5.82 Å². The first-order valence-electron chi connectivity index (χ1n) is 4.82. The van der Waals surface area contributed by atoms with Crippen LogP contribution in [0.25, 0.3) is 11.5 Å². The number of hydrogen-bond acceptors (Lipinski definition) is 5. The fourth-order valence-corrected chi connectivity index (χ4v) is 1.24. The first-order chi connectivity index (χ1) is 7.22. The van der Waals surface area contributed by atoms with Crippen LogP contribution in [0.3, 0.4) is 0 Å². The Bertz CT molecular complexity index is 447. The van der Waals surface area contributed by atoms with Crippen molar-refractivity contribution in [3.63, 3.8) is 0 Å². The summed E-state index contributed by atoms with van der Waals surface area (Å²) < 4.78 is 5.11. The molecule has 2 rings (SSSR count). The monoisotopic (exact) mass is 207 g/mol. The summed E-state index contributed by atoms with van der Waals surface area (Å²) in [7, 11) is 0. The molecule has 15 heavy (non-hydrogen) atoms. The van der Waals surface area contributed by atoms with Crippen LogP contribution in [0.15, 0.2) is 10.7 Å². The van der Waals surface area contributed by atoms with Gasteiger partial charge in [-0.3, -0.25) is 5.10 Å². The van der Waals surface area contributed by atoms with Crippen molar-refractivity contribution < 1.29 is 4.52 Å². The highest BCUT2D eigenvalue weighted by molar-refractivity contribution is 5.54. The van der Waals surface area contributed by atoms with Gasteiger partial charge in [-0.1, -0.05) is 12.1 Å². The predicted octanol–water partition coefficient (Wildman–Crippen LogP) is 1.18. The van der Waals surface area contributed by atoms with Crippen LogP contribution in [-0.4, -0.2) is 20.3 Å². The molecule has 0 bridgehead atoms. The second kappa shape index (κ2) is 3.82. The summed E-state index contributed by atoms with van der Waals surface area (Å²) >= 11 is 0. The van der Waals surface area contributed by atoms with Crippen molar-refractivity contribution in [2.45, 2.75) is 26.3 Å². The Kier molecular flexibility index (Phi) is 2.51. The van der Waals surface area contributed by atoms with Crippen LogP contribution < -0.4 is 5.73 Å². The molecule has 0 aliphatic rings. The van der Waals surface area contributed by atoms with Gasteiger partial charge in [0.2, 0.25) is 0 Å². The molecule has 0 aromatic carbocycles. The summed E-state index contributed by atoms with van der Waals surface area (Å²) in [5.41, 5.74) is 7.51. The van der Waals surface area contributed by atoms with Crippen LogP contribution in [0.1, 0.15) is 30.9 Å². The Morgan fingerprint density at radius 2 is 2.40 bits per heavy atom. The molecule has 3 N–H and O–H groups in total. The van der Waals surface area contributed by atoms with E-state index in [0.717, 1.165) is 17.7 Å². The van der Waals surface area contributed by atoms with E-state index in [1.807, 2.05) is 13.8 Å². The summed E-state index contributed by atoms with van der Waals surface area (Å²) in [4.78, 5) is 4.22. The molecule has 80 valence electrons. The van der Waals surface area contributed by atoms with Crippen LogP contribution in [0, 0.1) is 6.92 Å². The molecule has 2 aromatic heterocycles. The Labute approximate surface area is 86.9 Å². The SMILES string of the molecule is CCC(N)c1noc(-c2cn[nH]c2C)n1. The molecule has 2 aromatic rings. The highest BCUT2D eigenvalue weighted by atomic mass is 16.5. The number of nitrogens with zero attached hydrogens (tertiary/aromatic N) is 3. The van der Waals surface area contributed by atoms with Gasteiger partial charge in [0.1, 0.15) is 0 Å². The molecule has 6 heteroatoms. The van der Waals surface area contributed by atoms with Gasteiger partial charge in [-0.05, 0) is 13.3 Å². The van der Waals surface area contributed by atoms with Crippen LogP contribution in [-0.2, 0) is 0 Å². The molecular weight excluding hydrogens is 194 g/mol. The van der Waals surface area contributed by atoms with Gasteiger partial charge in [0, 0.05) is 5.69 Å². The molecule has 1 atom stereocenters. The van der Waals surface area contributed by atoms with E-state index < -0.39 is 0 Å². The number of rotatable bonds is 3. The van der Waals surface area contributed by atoms with E-state index in [0.29, 0.717) is 11.7 Å². The van der Waals surface area contributed by atoms with Gasteiger partial charge in [0.25, 0.3) is 5.89 Å². The van der Waals surface area contributed by atoms with E-state index in [9.17, 15) is 0 Å². The van der Waals surface area contributed by atoms with Crippen molar-refractivity contribution in [2.75, 3.05) is 0 Å². The summed E-state index contributed by atoms with van der Waals surface area (Å²) in [6, 6.07) is -0.172. The van der Waals surface area contributed by atoms with E-state index in [1.54, 1.807) is 6.20 Å². The predicted molar refractivity (Wildman–Crippen MR) is 53.8 cm³/mol. The average molecular weight is 207 g/mol. The van der Waals surface area contributed by atoms with Gasteiger partial charge in [-0.15, -0.1) is 0 Å². The molecular formula is C9H13N5O. The third-order valence-electron chi connectivity index (χ3n) is 2.27. The molecule has 0 saturated carbocycles. The highest BCUT2D eigenvalue weighted by Crippen LogP contribution is 2.20. The average Bonchev–Trinajstić information content (AvgIpc) is 2.84. The number of nitrogens with one attached hydrogen (secondary N) is 1. The lowest BCUT2D eigenvalue weighted by Crippen LogP contribution is -2.10. The minimum Gasteiger partial charge on any atom is -0.334 e. The van der Waals surface area contributed by atoms with Gasteiger partial charge >= 0.3 is 0 Å². The number of H-pyrrole nitrogens is 1. The van der Waals surface area contributed by atoms with Crippen molar-refractivity contribution in [3.05, 3.63) is 17.7 Å². The second-order valence-electron chi connectivity index (χ2n) is 3.38. The molecule has 0 radical (unpaired) electrons. The number of hydrogen-bond donors (Lipinski definition) is 2. The third kappa shape index (κ3) is 1.75. The van der Waals surface area contributed by atoms with E-state index >= 15 is 0 Å². The maximum Gasteiger partial charge on any atom is 0.261 e. The normalized spacial score (nSPS) is 13.0. The van der Waals surface area contributed by atoms with Crippen LogP contribution in [0.4, 0.5) is 0 Å². The summed E-state index contributed by atoms with van der Waals surface area (Å²) in [6.07, 6.45) is 2.44. The van der Waals surface area contributed by atoms with Crippen molar-refractivity contribution >= 4 is 0 Å². The maximum atomic E-state index is 5.79. The third-order valence-corrected chi connectivity index (χ3v) is 2.27. The first kappa shape index (κ1) is 9.85. The molecule has 0 aliphatic heterocycles. The number of nitrogens with two attached hydrogens (primary N) is 1. The van der Waals surface area contributed by atoms with E-state index in [4.69, 9.17) is 10.3 Å². The van der Waals surface area contributed by atoms with Crippen molar-refractivity contribution in [3.8, 4) is 11.5 Å². The van der Waals surface area contributed by atoms with Crippen molar-refractivity contribution in [1.29, 1.82) is 0 Å². The lowest BCUT2D eigenvalue weighted by atomic mass is 10.2. The smallest absolute Gasteiger partial charge is 0.261 e. The van der Waals surface area contributed by atoms with Crippen molar-refractivity contribution in [1.82, 2.24) is 20.3 Å². The summed E-state index contributed by atoms with van der Waals surface area (Å²) in [5.74, 6) is 0.994. The molecule has 0 aliphatic carbocycles. The van der Waals surface area contributed by atoms with Gasteiger partial charge in [0.05, 0.1) is 17.8 Å². The molecule has 0 saturated heterocycles. The lowest BCUT2D eigenvalue weighted by molar-refractivity contribution is 0.415.